The highest BCUT2D eigenvalue weighted by molar-refractivity contribution is 5.92. The van der Waals surface area contributed by atoms with Gasteiger partial charge in [0.05, 0.1) is 0 Å². The third-order valence-electron chi connectivity index (χ3n) is 4.73. The van der Waals surface area contributed by atoms with E-state index in [1.165, 1.54) is 5.56 Å². The van der Waals surface area contributed by atoms with E-state index >= 15 is 0 Å². The van der Waals surface area contributed by atoms with Gasteiger partial charge in [-0.25, -0.2) is 0 Å². The van der Waals surface area contributed by atoms with E-state index in [1.54, 1.807) is 6.08 Å². The molecule has 2 amide bonds. The van der Waals surface area contributed by atoms with Crippen LogP contribution < -0.4 is 10.6 Å². The number of hydrogen-bond donors (Lipinski definition) is 2. The molecule has 1 aromatic rings. The molecule has 1 saturated carbocycles. The van der Waals surface area contributed by atoms with Gasteiger partial charge in [-0.3, -0.25) is 9.59 Å². The number of carbonyl (C=O) groups is 2. The van der Waals surface area contributed by atoms with Crippen molar-refractivity contribution < 1.29 is 9.59 Å². The normalized spacial score (nSPS) is 20.5. The number of carbonyl (C=O) groups excluding carboxylic acids is 2. The molecular weight excluding hydrogens is 300 g/mol. The Morgan fingerprint density at radius 2 is 1.62 bits per heavy atom. The van der Waals surface area contributed by atoms with Crippen molar-refractivity contribution in [1.29, 1.82) is 0 Å². The number of anilines is 1. The van der Waals surface area contributed by atoms with E-state index in [0.29, 0.717) is 12.5 Å². The van der Waals surface area contributed by atoms with Crippen LogP contribution in [0, 0.1) is 11.8 Å². The van der Waals surface area contributed by atoms with Crippen molar-refractivity contribution in [2.75, 3.05) is 11.9 Å². The predicted octanol–water partition coefficient (Wildman–Crippen LogP) is 3.86. The zero-order chi connectivity index (χ0) is 17.5. The first-order chi connectivity index (χ1) is 11.5. The van der Waals surface area contributed by atoms with Crippen LogP contribution in [0.2, 0.25) is 0 Å². The SMILES string of the molecule is C=CCNC(=O)C1CCC(C(=O)Nc2ccc(C(C)C)cc2)CC1. The molecule has 0 saturated heterocycles. The maximum absolute atomic E-state index is 12.4. The van der Waals surface area contributed by atoms with Crippen molar-refractivity contribution in [3.8, 4) is 0 Å². The summed E-state index contributed by atoms with van der Waals surface area (Å²) in [5, 5.41) is 5.85. The molecule has 0 aliphatic heterocycles. The minimum Gasteiger partial charge on any atom is -0.352 e. The summed E-state index contributed by atoms with van der Waals surface area (Å²) < 4.78 is 0. The Balaban J connectivity index is 1.82. The summed E-state index contributed by atoms with van der Waals surface area (Å²) in [6.07, 6.45) is 4.76. The van der Waals surface area contributed by atoms with Gasteiger partial charge in [-0.15, -0.1) is 6.58 Å². The second kappa shape index (κ2) is 8.67. The van der Waals surface area contributed by atoms with Crippen molar-refractivity contribution in [1.82, 2.24) is 5.32 Å². The molecule has 2 rings (SSSR count). The van der Waals surface area contributed by atoms with Gasteiger partial charge in [-0.1, -0.05) is 32.1 Å². The molecule has 0 spiro atoms. The van der Waals surface area contributed by atoms with E-state index in [1.807, 2.05) is 12.1 Å². The molecule has 0 bridgehead atoms. The Morgan fingerprint density at radius 1 is 1.08 bits per heavy atom. The zero-order valence-electron chi connectivity index (χ0n) is 14.7. The average molecular weight is 328 g/mol. The molecule has 24 heavy (non-hydrogen) atoms. The van der Waals surface area contributed by atoms with E-state index in [-0.39, 0.29) is 23.7 Å². The topological polar surface area (TPSA) is 58.2 Å². The quantitative estimate of drug-likeness (QED) is 0.779. The molecule has 2 N–H and O–H groups in total. The highest BCUT2D eigenvalue weighted by Crippen LogP contribution is 2.30. The Hall–Kier alpha value is -2.10. The van der Waals surface area contributed by atoms with E-state index in [9.17, 15) is 9.59 Å². The summed E-state index contributed by atoms with van der Waals surface area (Å²) in [6, 6.07) is 8.03. The van der Waals surface area contributed by atoms with Crippen molar-refractivity contribution in [2.24, 2.45) is 11.8 Å². The monoisotopic (exact) mass is 328 g/mol. The standard InChI is InChI=1S/C20H28N2O2/c1-4-13-21-19(23)16-5-7-17(8-6-16)20(24)22-18-11-9-15(10-12-18)14(2)3/h4,9-12,14,16-17H,1,5-8,13H2,2-3H3,(H,21,23)(H,22,24). The van der Waals surface area contributed by atoms with Crippen molar-refractivity contribution in [3.63, 3.8) is 0 Å². The third kappa shape index (κ3) is 4.95. The molecule has 0 unspecified atom stereocenters. The molecule has 4 nitrogen and oxygen atoms in total. The second-order valence-electron chi connectivity index (χ2n) is 6.85. The molecule has 0 atom stereocenters. The molecule has 1 aliphatic rings. The van der Waals surface area contributed by atoms with Gasteiger partial charge in [0.25, 0.3) is 0 Å². The summed E-state index contributed by atoms with van der Waals surface area (Å²) in [7, 11) is 0. The second-order valence-corrected chi connectivity index (χ2v) is 6.85. The fraction of sp³-hybridized carbons (Fsp3) is 0.500. The molecule has 130 valence electrons. The summed E-state index contributed by atoms with van der Waals surface area (Å²) in [5.74, 6) is 0.657. The Bertz CT molecular complexity index is 570. The zero-order valence-corrected chi connectivity index (χ0v) is 14.7. The van der Waals surface area contributed by atoms with Crippen LogP contribution in [0.15, 0.2) is 36.9 Å². The molecule has 0 heterocycles. The van der Waals surface area contributed by atoms with Crippen molar-refractivity contribution >= 4 is 17.5 Å². The fourth-order valence-corrected chi connectivity index (χ4v) is 3.13. The minimum absolute atomic E-state index is 0.00164. The maximum Gasteiger partial charge on any atom is 0.227 e. The lowest BCUT2D eigenvalue weighted by Gasteiger charge is -2.27. The Labute approximate surface area is 144 Å². The first-order valence-electron chi connectivity index (χ1n) is 8.80. The number of hydrogen-bond acceptors (Lipinski definition) is 2. The van der Waals surface area contributed by atoms with Gasteiger partial charge in [0.2, 0.25) is 11.8 Å². The lowest BCUT2D eigenvalue weighted by atomic mass is 9.81. The summed E-state index contributed by atoms with van der Waals surface area (Å²) in [6.45, 7) is 8.41. The third-order valence-corrected chi connectivity index (χ3v) is 4.73. The van der Waals surface area contributed by atoms with Crippen LogP contribution in [0.3, 0.4) is 0 Å². The first kappa shape index (κ1) is 18.2. The Morgan fingerprint density at radius 3 is 2.12 bits per heavy atom. The van der Waals surface area contributed by atoms with Crippen molar-refractivity contribution in [2.45, 2.75) is 45.4 Å². The van der Waals surface area contributed by atoms with Crippen LogP contribution in [0.25, 0.3) is 0 Å². The van der Waals surface area contributed by atoms with E-state index in [0.717, 1.165) is 31.4 Å². The number of amides is 2. The van der Waals surface area contributed by atoms with Gasteiger partial charge >= 0.3 is 0 Å². The summed E-state index contributed by atoms with van der Waals surface area (Å²) in [5.41, 5.74) is 2.11. The highest BCUT2D eigenvalue weighted by atomic mass is 16.2. The number of nitrogens with one attached hydrogen (secondary N) is 2. The van der Waals surface area contributed by atoms with Crippen LogP contribution in [-0.4, -0.2) is 18.4 Å². The fourth-order valence-electron chi connectivity index (χ4n) is 3.13. The molecular formula is C20H28N2O2. The van der Waals surface area contributed by atoms with Gasteiger partial charge in [0.1, 0.15) is 0 Å². The van der Waals surface area contributed by atoms with Gasteiger partial charge in [0.15, 0.2) is 0 Å². The number of benzene rings is 1. The largest absolute Gasteiger partial charge is 0.352 e. The van der Waals surface area contributed by atoms with E-state index in [4.69, 9.17) is 0 Å². The highest BCUT2D eigenvalue weighted by Gasteiger charge is 2.29. The molecule has 1 aromatic carbocycles. The van der Waals surface area contributed by atoms with Gasteiger partial charge in [0, 0.05) is 24.1 Å². The smallest absolute Gasteiger partial charge is 0.227 e. The van der Waals surface area contributed by atoms with Crippen molar-refractivity contribution in [3.05, 3.63) is 42.5 Å². The first-order valence-corrected chi connectivity index (χ1v) is 8.80. The molecule has 4 heteroatoms. The number of rotatable bonds is 6. The molecule has 1 fully saturated rings. The van der Waals surface area contributed by atoms with Crippen LogP contribution in [-0.2, 0) is 9.59 Å². The van der Waals surface area contributed by atoms with Gasteiger partial charge in [-0.05, 0) is 49.3 Å². The van der Waals surface area contributed by atoms with Crippen LogP contribution in [0.5, 0.6) is 0 Å². The predicted molar refractivity (Wildman–Crippen MR) is 97.8 cm³/mol. The average Bonchev–Trinajstić information content (AvgIpc) is 2.60. The summed E-state index contributed by atoms with van der Waals surface area (Å²) >= 11 is 0. The minimum atomic E-state index is -0.00164. The molecule has 0 aromatic heterocycles. The van der Waals surface area contributed by atoms with E-state index < -0.39 is 0 Å². The van der Waals surface area contributed by atoms with Gasteiger partial charge < -0.3 is 10.6 Å². The summed E-state index contributed by atoms with van der Waals surface area (Å²) in [4.78, 5) is 24.4. The van der Waals surface area contributed by atoms with Crippen LogP contribution >= 0.6 is 0 Å². The Kier molecular flexibility index (Phi) is 6.59. The van der Waals surface area contributed by atoms with Crippen LogP contribution in [0.4, 0.5) is 5.69 Å². The van der Waals surface area contributed by atoms with Crippen LogP contribution in [0.1, 0.15) is 51.0 Å². The van der Waals surface area contributed by atoms with E-state index in [2.05, 4.69) is 43.2 Å². The molecule has 1 aliphatic carbocycles. The van der Waals surface area contributed by atoms with Gasteiger partial charge in [-0.2, -0.15) is 0 Å². The molecule has 0 radical (unpaired) electrons. The maximum atomic E-state index is 12.4. The lowest BCUT2D eigenvalue weighted by molar-refractivity contribution is -0.128. The lowest BCUT2D eigenvalue weighted by Crippen LogP contribution is -2.35.